The number of thioether (sulfide) groups is 1. The molecule has 0 saturated heterocycles. The highest BCUT2D eigenvalue weighted by Gasteiger charge is 2.11. The van der Waals surface area contributed by atoms with Crippen molar-refractivity contribution in [2.45, 2.75) is 39.0 Å². The summed E-state index contributed by atoms with van der Waals surface area (Å²) in [5.41, 5.74) is 4.43. The van der Waals surface area contributed by atoms with Crippen LogP contribution in [0.4, 0.5) is 0 Å². The molecule has 3 heteroatoms. The first-order chi connectivity index (χ1) is 11.5. The van der Waals surface area contributed by atoms with Crippen LogP contribution in [0, 0.1) is 5.92 Å². The molecule has 0 saturated carbocycles. The third kappa shape index (κ3) is 5.41. The fourth-order valence-electron chi connectivity index (χ4n) is 2.70. The molecule has 2 aromatic carbocycles. The van der Waals surface area contributed by atoms with Crippen LogP contribution >= 0.6 is 11.8 Å². The molecule has 0 aliphatic carbocycles. The Hall–Kier alpha value is -1.74. The van der Waals surface area contributed by atoms with E-state index in [9.17, 15) is 4.79 Å². The highest BCUT2D eigenvalue weighted by atomic mass is 32.2. The molecule has 0 bridgehead atoms. The Bertz CT molecular complexity index is 647. The Labute approximate surface area is 150 Å². The minimum atomic E-state index is -0.0236. The van der Waals surface area contributed by atoms with E-state index in [2.05, 4.69) is 49.7 Å². The van der Waals surface area contributed by atoms with Crippen LogP contribution in [0.15, 0.2) is 48.5 Å². The molecule has 1 N–H and O–H groups in total. The summed E-state index contributed by atoms with van der Waals surface area (Å²) in [5.74, 6) is 1.60. The maximum atomic E-state index is 12.4. The molecule has 0 aliphatic heterocycles. The van der Waals surface area contributed by atoms with Crippen LogP contribution in [0.3, 0.4) is 0 Å². The average Bonchev–Trinajstić information content (AvgIpc) is 2.56. The van der Waals surface area contributed by atoms with E-state index in [-0.39, 0.29) is 11.9 Å². The van der Waals surface area contributed by atoms with E-state index in [1.54, 1.807) is 11.8 Å². The van der Waals surface area contributed by atoms with Crippen LogP contribution in [0.25, 0.3) is 0 Å². The number of carbonyl (C=O) groups excluding carboxylic acids is 1. The first-order valence-corrected chi connectivity index (χ1v) is 9.86. The Morgan fingerprint density at radius 2 is 1.54 bits per heavy atom. The predicted octanol–water partition coefficient (Wildman–Crippen LogP) is 5.24. The van der Waals surface area contributed by atoms with Crippen molar-refractivity contribution in [3.63, 3.8) is 0 Å². The van der Waals surface area contributed by atoms with E-state index in [1.165, 1.54) is 11.1 Å². The number of amides is 1. The van der Waals surface area contributed by atoms with Crippen LogP contribution in [0.1, 0.15) is 53.9 Å². The standard InChI is InChI=1S/C21H27NOS/c1-15(2)13-17-5-9-19(10-6-17)16(3)22-21(23)20-11-7-18(8-12-20)14-24-4/h5-12,15-16H,13-14H2,1-4H3,(H,22,23). The molecule has 2 rings (SSSR count). The van der Waals surface area contributed by atoms with E-state index in [4.69, 9.17) is 0 Å². The first-order valence-electron chi connectivity index (χ1n) is 8.47. The molecule has 2 aromatic rings. The highest BCUT2D eigenvalue weighted by molar-refractivity contribution is 7.97. The summed E-state index contributed by atoms with van der Waals surface area (Å²) < 4.78 is 0. The first kappa shape index (κ1) is 18.6. The van der Waals surface area contributed by atoms with Gasteiger partial charge in [-0.2, -0.15) is 11.8 Å². The number of carbonyl (C=O) groups is 1. The van der Waals surface area contributed by atoms with Gasteiger partial charge in [-0.1, -0.05) is 50.2 Å². The van der Waals surface area contributed by atoms with E-state index in [1.807, 2.05) is 31.2 Å². The number of hydrogen-bond acceptors (Lipinski definition) is 2. The lowest BCUT2D eigenvalue weighted by molar-refractivity contribution is 0.0940. The zero-order valence-electron chi connectivity index (χ0n) is 15.0. The molecule has 0 aliphatic rings. The molecule has 0 aromatic heterocycles. The molecule has 24 heavy (non-hydrogen) atoms. The highest BCUT2D eigenvalue weighted by Crippen LogP contribution is 2.17. The second-order valence-electron chi connectivity index (χ2n) is 6.66. The molecule has 0 radical (unpaired) electrons. The molecule has 1 amide bonds. The van der Waals surface area contributed by atoms with Crippen molar-refractivity contribution in [3.05, 3.63) is 70.8 Å². The molecular formula is C21H27NOS. The second-order valence-corrected chi connectivity index (χ2v) is 7.53. The Morgan fingerprint density at radius 1 is 0.958 bits per heavy atom. The lowest BCUT2D eigenvalue weighted by Crippen LogP contribution is -2.26. The van der Waals surface area contributed by atoms with Crippen molar-refractivity contribution in [1.82, 2.24) is 5.32 Å². The van der Waals surface area contributed by atoms with Crippen LogP contribution in [0.2, 0.25) is 0 Å². The van der Waals surface area contributed by atoms with Crippen molar-refractivity contribution in [3.8, 4) is 0 Å². The van der Waals surface area contributed by atoms with Crippen molar-refractivity contribution in [2.24, 2.45) is 5.92 Å². The number of rotatable bonds is 7. The minimum absolute atomic E-state index is 0.00326. The van der Waals surface area contributed by atoms with Gasteiger partial charge in [-0.05, 0) is 54.3 Å². The summed E-state index contributed by atoms with van der Waals surface area (Å²) in [7, 11) is 0. The normalized spacial score (nSPS) is 12.2. The molecule has 128 valence electrons. The molecule has 1 unspecified atom stereocenters. The topological polar surface area (TPSA) is 29.1 Å². The van der Waals surface area contributed by atoms with Gasteiger partial charge in [0, 0.05) is 11.3 Å². The molecular weight excluding hydrogens is 314 g/mol. The zero-order valence-corrected chi connectivity index (χ0v) is 15.8. The lowest BCUT2D eigenvalue weighted by atomic mass is 10.00. The van der Waals surface area contributed by atoms with E-state index < -0.39 is 0 Å². The van der Waals surface area contributed by atoms with Gasteiger partial charge in [-0.15, -0.1) is 0 Å². The molecule has 1 atom stereocenters. The maximum absolute atomic E-state index is 12.4. The van der Waals surface area contributed by atoms with Gasteiger partial charge in [-0.3, -0.25) is 4.79 Å². The maximum Gasteiger partial charge on any atom is 0.251 e. The van der Waals surface area contributed by atoms with Crippen molar-refractivity contribution in [2.75, 3.05) is 6.26 Å². The second kappa shape index (κ2) is 8.93. The summed E-state index contributed by atoms with van der Waals surface area (Å²) in [6.07, 6.45) is 3.16. The SMILES string of the molecule is CSCc1ccc(C(=O)NC(C)c2ccc(CC(C)C)cc2)cc1. The van der Waals surface area contributed by atoms with Gasteiger partial charge < -0.3 is 5.32 Å². The number of nitrogens with one attached hydrogen (secondary N) is 1. The number of benzene rings is 2. The summed E-state index contributed by atoms with van der Waals surface area (Å²) >= 11 is 1.78. The molecule has 0 heterocycles. The van der Waals surface area contributed by atoms with Crippen LogP contribution in [0.5, 0.6) is 0 Å². The van der Waals surface area contributed by atoms with E-state index >= 15 is 0 Å². The monoisotopic (exact) mass is 341 g/mol. The molecule has 0 fully saturated rings. The summed E-state index contributed by atoms with van der Waals surface area (Å²) in [4.78, 5) is 12.4. The van der Waals surface area contributed by atoms with Gasteiger partial charge in [0.05, 0.1) is 6.04 Å². The van der Waals surface area contributed by atoms with Gasteiger partial charge in [0.1, 0.15) is 0 Å². The van der Waals surface area contributed by atoms with Gasteiger partial charge in [0.2, 0.25) is 0 Å². The zero-order chi connectivity index (χ0) is 17.5. The van der Waals surface area contributed by atoms with Crippen molar-refractivity contribution >= 4 is 17.7 Å². The summed E-state index contributed by atoms with van der Waals surface area (Å²) in [5, 5.41) is 3.08. The quantitative estimate of drug-likeness (QED) is 0.746. The average molecular weight is 342 g/mol. The Balaban J connectivity index is 1.97. The summed E-state index contributed by atoms with van der Waals surface area (Å²) in [6, 6.07) is 16.4. The van der Waals surface area contributed by atoms with E-state index in [0.717, 1.165) is 17.7 Å². The minimum Gasteiger partial charge on any atom is -0.346 e. The van der Waals surface area contributed by atoms with Crippen molar-refractivity contribution in [1.29, 1.82) is 0 Å². The lowest BCUT2D eigenvalue weighted by Gasteiger charge is -2.15. The third-order valence-electron chi connectivity index (χ3n) is 4.00. The van der Waals surface area contributed by atoms with Crippen molar-refractivity contribution < 1.29 is 4.79 Å². The van der Waals surface area contributed by atoms with Crippen LogP contribution in [-0.4, -0.2) is 12.2 Å². The third-order valence-corrected chi connectivity index (χ3v) is 4.62. The Morgan fingerprint density at radius 3 is 2.08 bits per heavy atom. The van der Waals surface area contributed by atoms with E-state index in [0.29, 0.717) is 11.5 Å². The van der Waals surface area contributed by atoms with Crippen LogP contribution in [-0.2, 0) is 12.2 Å². The smallest absolute Gasteiger partial charge is 0.251 e. The van der Waals surface area contributed by atoms with Crippen LogP contribution < -0.4 is 5.32 Å². The Kier molecular flexibility index (Phi) is 6.92. The fraction of sp³-hybridized carbons (Fsp3) is 0.381. The number of hydrogen-bond donors (Lipinski definition) is 1. The van der Waals surface area contributed by atoms with Gasteiger partial charge in [0.15, 0.2) is 0 Å². The molecule has 0 spiro atoms. The molecule has 2 nitrogen and oxygen atoms in total. The van der Waals surface area contributed by atoms with Gasteiger partial charge in [0.25, 0.3) is 5.91 Å². The predicted molar refractivity (Wildman–Crippen MR) is 105 cm³/mol. The van der Waals surface area contributed by atoms with Gasteiger partial charge >= 0.3 is 0 Å². The largest absolute Gasteiger partial charge is 0.346 e. The van der Waals surface area contributed by atoms with Gasteiger partial charge in [-0.25, -0.2) is 0 Å². The fourth-order valence-corrected chi connectivity index (χ4v) is 3.22. The summed E-state index contributed by atoms with van der Waals surface area (Å²) in [6.45, 7) is 6.47.